The van der Waals surface area contributed by atoms with Crippen molar-refractivity contribution < 1.29 is 12.8 Å². The Labute approximate surface area is 106 Å². The molecule has 0 unspecified atom stereocenters. The molecule has 3 N–H and O–H groups in total. The number of aryl methyl sites for hydroxylation is 1. The van der Waals surface area contributed by atoms with Gasteiger partial charge in [-0.1, -0.05) is 18.2 Å². The van der Waals surface area contributed by atoms with Crippen molar-refractivity contribution in [1.29, 1.82) is 0 Å². The normalized spacial score (nSPS) is 11.4. The number of para-hydroxylation sites is 1. The van der Waals surface area contributed by atoms with Crippen LogP contribution in [-0.4, -0.2) is 8.42 Å². The molecule has 96 valence electrons. The second kappa shape index (κ2) is 4.83. The Morgan fingerprint density at radius 3 is 2.50 bits per heavy atom. The number of nitrogens with one attached hydrogen (secondary N) is 1. The minimum atomic E-state index is -3.63. The van der Waals surface area contributed by atoms with E-state index in [9.17, 15) is 8.42 Å². The van der Waals surface area contributed by atoms with Gasteiger partial charge in [-0.15, -0.1) is 0 Å². The van der Waals surface area contributed by atoms with E-state index >= 15 is 0 Å². The van der Waals surface area contributed by atoms with Gasteiger partial charge in [0.05, 0.1) is 6.54 Å². The number of hydrogen-bond donors (Lipinski definition) is 2. The minimum Gasteiger partial charge on any atom is -0.464 e. The SMILES string of the molecule is Cc1oc(CN)cc1S(=O)(=O)Nc1ccccc1. The molecular weight excluding hydrogens is 252 g/mol. The second-order valence-corrected chi connectivity index (χ2v) is 5.46. The van der Waals surface area contributed by atoms with E-state index in [1.165, 1.54) is 6.07 Å². The van der Waals surface area contributed by atoms with E-state index in [4.69, 9.17) is 10.2 Å². The summed E-state index contributed by atoms with van der Waals surface area (Å²) in [5, 5.41) is 0. The third kappa shape index (κ3) is 2.55. The van der Waals surface area contributed by atoms with E-state index in [0.717, 1.165) is 0 Å². The summed E-state index contributed by atoms with van der Waals surface area (Å²) in [7, 11) is -3.63. The molecule has 1 aromatic carbocycles. The van der Waals surface area contributed by atoms with Gasteiger partial charge >= 0.3 is 0 Å². The first-order valence-electron chi connectivity index (χ1n) is 5.40. The van der Waals surface area contributed by atoms with Crippen LogP contribution in [0.1, 0.15) is 11.5 Å². The number of hydrogen-bond acceptors (Lipinski definition) is 4. The Morgan fingerprint density at radius 2 is 1.94 bits per heavy atom. The van der Waals surface area contributed by atoms with Crippen LogP contribution in [-0.2, 0) is 16.6 Å². The molecule has 0 aliphatic heterocycles. The summed E-state index contributed by atoms with van der Waals surface area (Å²) in [5.74, 6) is 0.778. The minimum absolute atomic E-state index is 0.117. The van der Waals surface area contributed by atoms with Gasteiger partial charge in [-0.2, -0.15) is 0 Å². The van der Waals surface area contributed by atoms with Crippen molar-refractivity contribution >= 4 is 15.7 Å². The van der Waals surface area contributed by atoms with Gasteiger partial charge in [0, 0.05) is 11.8 Å². The molecule has 0 amide bonds. The van der Waals surface area contributed by atoms with Gasteiger partial charge in [-0.05, 0) is 19.1 Å². The van der Waals surface area contributed by atoms with E-state index in [1.54, 1.807) is 31.2 Å². The average Bonchev–Trinajstić information content (AvgIpc) is 2.72. The van der Waals surface area contributed by atoms with Crippen molar-refractivity contribution in [1.82, 2.24) is 0 Å². The van der Waals surface area contributed by atoms with Crippen LogP contribution in [0.25, 0.3) is 0 Å². The van der Waals surface area contributed by atoms with Crippen molar-refractivity contribution in [2.45, 2.75) is 18.4 Å². The van der Waals surface area contributed by atoms with Crippen molar-refractivity contribution in [2.75, 3.05) is 4.72 Å². The van der Waals surface area contributed by atoms with Crippen LogP contribution in [0, 0.1) is 6.92 Å². The van der Waals surface area contributed by atoms with Gasteiger partial charge in [-0.25, -0.2) is 8.42 Å². The molecule has 2 rings (SSSR count). The third-order valence-electron chi connectivity index (χ3n) is 2.44. The smallest absolute Gasteiger partial charge is 0.265 e. The largest absolute Gasteiger partial charge is 0.464 e. The molecule has 2 aromatic rings. The molecule has 0 atom stereocenters. The Balaban J connectivity index is 2.34. The van der Waals surface area contributed by atoms with E-state index in [2.05, 4.69) is 4.72 Å². The van der Waals surface area contributed by atoms with Crippen LogP contribution < -0.4 is 10.5 Å². The van der Waals surface area contributed by atoms with Crippen LogP contribution in [0.3, 0.4) is 0 Å². The lowest BCUT2D eigenvalue weighted by atomic mass is 10.3. The number of benzene rings is 1. The molecule has 0 radical (unpaired) electrons. The molecule has 0 aliphatic carbocycles. The lowest BCUT2D eigenvalue weighted by Gasteiger charge is -2.06. The summed E-state index contributed by atoms with van der Waals surface area (Å²) in [4.78, 5) is 0.117. The molecule has 1 aromatic heterocycles. The maximum absolute atomic E-state index is 12.1. The zero-order chi connectivity index (χ0) is 13.2. The summed E-state index contributed by atoms with van der Waals surface area (Å²) < 4.78 is 32.0. The average molecular weight is 266 g/mol. The van der Waals surface area contributed by atoms with Crippen LogP contribution >= 0.6 is 0 Å². The van der Waals surface area contributed by atoms with Gasteiger partial charge in [0.1, 0.15) is 16.4 Å². The lowest BCUT2D eigenvalue weighted by molar-refractivity contribution is 0.479. The number of sulfonamides is 1. The maximum Gasteiger partial charge on any atom is 0.265 e. The highest BCUT2D eigenvalue weighted by molar-refractivity contribution is 7.92. The van der Waals surface area contributed by atoms with Crippen molar-refractivity contribution in [2.24, 2.45) is 5.73 Å². The zero-order valence-corrected chi connectivity index (χ0v) is 10.7. The predicted molar refractivity (Wildman–Crippen MR) is 68.6 cm³/mol. The summed E-state index contributed by atoms with van der Waals surface area (Å²) in [5.41, 5.74) is 5.93. The fourth-order valence-electron chi connectivity index (χ4n) is 1.61. The summed E-state index contributed by atoms with van der Waals surface area (Å²) >= 11 is 0. The molecular formula is C12H14N2O3S. The molecule has 0 spiro atoms. The number of anilines is 1. The molecule has 0 bridgehead atoms. The molecule has 6 heteroatoms. The maximum atomic E-state index is 12.1. The van der Waals surface area contributed by atoms with E-state index in [0.29, 0.717) is 17.2 Å². The number of furan rings is 1. The van der Waals surface area contributed by atoms with Crippen molar-refractivity contribution in [3.05, 3.63) is 47.9 Å². The van der Waals surface area contributed by atoms with Crippen LogP contribution in [0.5, 0.6) is 0 Å². The highest BCUT2D eigenvalue weighted by Crippen LogP contribution is 2.22. The zero-order valence-electron chi connectivity index (χ0n) is 9.88. The van der Waals surface area contributed by atoms with Gasteiger partial charge in [0.25, 0.3) is 10.0 Å². The highest BCUT2D eigenvalue weighted by atomic mass is 32.2. The Kier molecular flexibility index (Phi) is 3.40. The molecule has 0 saturated carbocycles. The van der Waals surface area contributed by atoms with Crippen molar-refractivity contribution in [3.63, 3.8) is 0 Å². The Hall–Kier alpha value is -1.79. The molecule has 5 nitrogen and oxygen atoms in total. The van der Waals surface area contributed by atoms with E-state index in [1.807, 2.05) is 6.07 Å². The first-order valence-corrected chi connectivity index (χ1v) is 6.88. The molecule has 1 heterocycles. The summed E-state index contributed by atoms with van der Waals surface area (Å²) in [6.45, 7) is 1.76. The Morgan fingerprint density at radius 1 is 1.28 bits per heavy atom. The fourth-order valence-corrected chi connectivity index (χ4v) is 2.87. The van der Waals surface area contributed by atoms with Crippen LogP contribution in [0.15, 0.2) is 45.7 Å². The molecule has 0 fully saturated rings. The monoisotopic (exact) mass is 266 g/mol. The Bertz CT molecular complexity index is 633. The third-order valence-corrected chi connectivity index (χ3v) is 3.93. The standard InChI is InChI=1S/C12H14N2O3S/c1-9-12(7-11(8-13)17-9)18(15,16)14-10-5-3-2-4-6-10/h2-7,14H,8,13H2,1H3. The molecule has 0 aliphatic rings. The van der Waals surface area contributed by atoms with E-state index < -0.39 is 10.0 Å². The fraction of sp³-hybridized carbons (Fsp3) is 0.167. The topological polar surface area (TPSA) is 85.3 Å². The predicted octanol–water partition coefficient (Wildman–Crippen LogP) is 1.85. The van der Waals surface area contributed by atoms with Gasteiger partial charge in [0.2, 0.25) is 0 Å². The first kappa shape index (κ1) is 12.7. The van der Waals surface area contributed by atoms with Crippen LogP contribution in [0.4, 0.5) is 5.69 Å². The molecule has 18 heavy (non-hydrogen) atoms. The van der Waals surface area contributed by atoms with Gasteiger partial charge in [-0.3, -0.25) is 4.72 Å². The number of rotatable bonds is 4. The van der Waals surface area contributed by atoms with Gasteiger partial charge < -0.3 is 10.2 Å². The first-order chi connectivity index (χ1) is 8.53. The summed E-state index contributed by atoms with van der Waals surface area (Å²) in [6, 6.07) is 10.1. The lowest BCUT2D eigenvalue weighted by Crippen LogP contribution is -2.13. The van der Waals surface area contributed by atoms with Gasteiger partial charge in [0.15, 0.2) is 0 Å². The number of nitrogens with two attached hydrogens (primary N) is 1. The van der Waals surface area contributed by atoms with Crippen molar-refractivity contribution in [3.8, 4) is 0 Å². The second-order valence-electron chi connectivity index (χ2n) is 3.81. The quantitative estimate of drug-likeness (QED) is 0.884. The highest BCUT2D eigenvalue weighted by Gasteiger charge is 2.21. The van der Waals surface area contributed by atoms with E-state index in [-0.39, 0.29) is 11.4 Å². The molecule has 0 saturated heterocycles. The summed E-state index contributed by atoms with van der Waals surface area (Å²) in [6.07, 6.45) is 0. The van der Waals surface area contributed by atoms with Crippen LogP contribution in [0.2, 0.25) is 0 Å².